The standard InChI is InChI=1S/C16H14FNO3/c17-13-4-2-1-3-11(13)10-5-6-12-14(18-16(19)20)7-8-21-15(12)9-10/h1-6,9,14,18H,7-8H2,(H,19,20). The van der Waals surface area contributed by atoms with Crippen LogP contribution in [0, 0.1) is 5.82 Å². The number of carboxylic acid groups (broad SMARTS) is 1. The molecule has 1 heterocycles. The van der Waals surface area contributed by atoms with Gasteiger partial charge in [0.2, 0.25) is 0 Å². The Morgan fingerprint density at radius 3 is 2.86 bits per heavy atom. The number of halogens is 1. The molecule has 5 heteroatoms. The van der Waals surface area contributed by atoms with Gasteiger partial charge in [0.25, 0.3) is 0 Å². The van der Waals surface area contributed by atoms with Crippen LogP contribution in [0.15, 0.2) is 42.5 Å². The van der Waals surface area contributed by atoms with Gasteiger partial charge in [0, 0.05) is 17.5 Å². The summed E-state index contributed by atoms with van der Waals surface area (Å²) in [5, 5.41) is 11.3. The predicted molar refractivity (Wildman–Crippen MR) is 75.8 cm³/mol. The maximum absolute atomic E-state index is 13.8. The largest absolute Gasteiger partial charge is 0.493 e. The molecule has 0 saturated carbocycles. The highest BCUT2D eigenvalue weighted by Gasteiger charge is 2.23. The van der Waals surface area contributed by atoms with Gasteiger partial charge in [-0.2, -0.15) is 0 Å². The van der Waals surface area contributed by atoms with E-state index in [0.29, 0.717) is 29.9 Å². The summed E-state index contributed by atoms with van der Waals surface area (Å²) < 4.78 is 19.4. The van der Waals surface area contributed by atoms with Crippen molar-refractivity contribution in [2.24, 2.45) is 0 Å². The molecule has 1 unspecified atom stereocenters. The van der Waals surface area contributed by atoms with E-state index in [1.54, 1.807) is 36.4 Å². The zero-order valence-corrected chi connectivity index (χ0v) is 11.2. The Balaban J connectivity index is 1.98. The van der Waals surface area contributed by atoms with E-state index in [0.717, 1.165) is 5.56 Å². The zero-order valence-electron chi connectivity index (χ0n) is 11.2. The third kappa shape index (κ3) is 2.67. The maximum atomic E-state index is 13.8. The van der Waals surface area contributed by atoms with Crippen molar-refractivity contribution in [1.82, 2.24) is 5.32 Å². The number of rotatable bonds is 2. The fourth-order valence-electron chi connectivity index (χ4n) is 2.55. The Bertz CT molecular complexity index is 687. The smallest absolute Gasteiger partial charge is 0.405 e. The fraction of sp³-hybridized carbons (Fsp3) is 0.188. The summed E-state index contributed by atoms with van der Waals surface area (Å²) in [5.41, 5.74) is 1.99. The number of hydrogen-bond donors (Lipinski definition) is 2. The first-order chi connectivity index (χ1) is 10.1. The first-order valence-corrected chi connectivity index (χ1v) is 6.66. The molecule has 1 amide bonds. The average molecular weight is 287 g/mol. The van der Waals surface area contributed by atoms with E-state index in [9.17, 15) is 9.18 Å². The topological polar surface area (TPSA) is 58.6 Å². The second-order valence-corrected chi connectivity index (χ2v) is 4.87. The van der Waals surface area contributed by atoms with E-state index in [2.05, 4.69) is 5.32 Å². The van der Waals surface area contributed by atoms with Gasteiger partial charge in [0.05, 0.1) is 12.6 Å². The number of nitrogens with one attached hydrogen (secondary N) is 1. The van der Waals surface area contributed by atoms with Crippen molar-refractivity contribution in [3.8, 4) is 16.9 Å². The molecule has 4 nitrogen and oxygen atoms in total. The molecular weight excluding hydrogens is 273 g/mol. The molecule has 0 bridgehead atoms. The van der Waals surface area contributed by atoms with Crippen LogP contribution in [-0.2, 0) is 0 Å². The molecule has 1 aliphatic rings. The minimum absolute atomic E-state index is 0.291. The van der Waals surface area contributed by atoms with Crippen LogP contribution in [0.2, 0.25) is 0 Å². The van der Waals surface area contributed by atoms with E-state index in [-0.39, 0.29) is 11.9 Å². The van der Waals surface area contributed by atoms with Crippen LogP contribution in [-0.4, -0.2) is 17.8 Å². The Hall–Kier alpha value is -2.56. The second-order valence-electron chi connectivity index (χ2n) is 4.87. The number of hydrogen-bond acceptors (Lipinski definition) is 2. The van der Waals surface area contributed by atoms with Crippen molar-refractivity contribution < 1.29 is 19.0 Å². The molecular formula is C16H14FNO3. The van der Waals surface area contributed by atoms with E-state index in [4.69, 9.17) is 9.84 Å². The van der Waals surface area contributed by atoms with Crippen molar-refractivity contribution in [3.05, 3.63) is 53.8 Å². The lowest BCUT2D eigenvalue weighted by Crippen LogP contribution is -2.30. The lowest BCUT2D eigenvalue weighted by molar-refractivity contribution is 0.182. The van der Waals surface area contributed by atoms with Crippen LogP contribution in [0.5, 0.6) is 5.75 Å². The molecule has 1 atom stereocenters. The molecule has 108 valence electrons. The normalized spacial score (nSPS) is 16.7. The summed E-state index contributed by atoms with van der Waals surface area (Å²) in [6, 6.07) is 11.6. The van der Waals surface area contributed by atoms with Gasteiger partial charge < -0.3 is 15.2 Å². The van der Waals surface area contributed by atoms with E-state index >= 15 is 0 Å². The summed E-state index contributed by atoms with van der Waals surface area (Å²) in [7, 11) is 0. The molecule has 0 radical (unpaired) electrons. The molecule has 2 aromatic rings. The molecule has 0 spiro atoms. The van der Waals surface area contributed by atoms with Crippen molar-refractivity contribution in [3.63, 3.8) is 0 Å². The van der Waals surface area contributed by atoms with Crippen LogP contribution in [0.4, 0.5) is 9.18 Å². The van der Waals surface area contributed by atoms with Gasteiger partial charge in [-0.1, -0.05) is 30.3 Å². The SMILES string of the molecule is O=C(O)NC1CCOc2cc(-c3ccccc3F)ccc21. The number of ether oxygens (including phenoxy) is 1. The van der Waals surface area contributed by atoms with Gasteiger partial charge in [-0.05, 0) is 17.7 Å². The molecule has 3 rings (SSSR count). The Kier molecular flexibility index (Phi) is 3.48. The van der Waals surface area contributed by atoms with Gasteiger partial charge in [0.1, 0.15) is 11.6 Å². The van der Waals surface area contributed by atoms with Crippen LogP contribution >= 0.6 is 0 Å². The average Bonchev–Trinajstić information content (AvgIpc) is 2.47. The monoisotopic (exact) mass is 287 g/mol. The van der Waals surface area contributed by atoms with Crippen molar-refractivity contribution in [2.45, 2.75) is 12.5 Å². The minimum atomic E-state index is -1.06. The molecule has 2 N–H and O–H groups in total. The zero-order chi connectivity index (χ0) is 14.8. The van der Waals surface area contributed by atoms with Crippen LogP contribution in [0.3, 0.4) is 0 Å². The van der Waals surface area contributed by atoms with Crippen molar-refractivity contribution >= 4 is 6.09 Å². The van der Waals surface area contributed by atoms with Crippen LogP contribution in [0.25, 0.3) is 11.1 Å². The van der Waals surface area contributed by atoms with Crippen LogP contribution < -0.4 is 10.1 Å². The second kappa shape index (κ2) is 5.44. The maximum Gasteiger partial charge on any atom is 0.405 e. The lowest BCUT2D eigenvalue weighted by atomic mass is 9.96. The van der Waals surface area contributed by atoms with E-state index < -0.39 is 6.09 Å². The summed E-state index contributed by atoms with van der Waals surface area (Å²) in [6.45, 7) is 0.429. The first-order valence-electron chi connectivity index (χ1n) is 6.66. The number of carbonyl (C=O) groups is 1. The molecule has 1 aliphatic heterocycles. The van der Waals surface area contributed by atoms with Gasteiger partial charge >= 0.3 is 6.09 Å². The highest BCUT2D eigenvalue weighted by Crippen LogP contribution is 2.36. The molecule has 0 aliphatic carbocycles. The Morgan fingerprint density at radius 1 is 1.29 bits per heavy atom. The quantitative estimate of drug-likeness (QED) is 0.887. The number of amides is 1. The highest BCUT2D eigenvalue weighted by atomic mass is 19.1. The van der Waals surface area contributed by atoms with E-state index in [1.807, 2.05) is 0 Å². The van der Waals surface area contributed by atoms with E-state index in [1.165, 1.54) is 6.07 Å². The lowest BCUT2D eigenvalue weighted by Gasteiger charge is -2.26. The molecule has 0 fully saturated rings. The van der Waals surface area contributed by atoms with Crippen molar-refractivity contribution in [2.75, 3.05) is 6.61 Å². The summed E-state index contributed by atoms with van der Waals surface area (Å²) in [6.07, 6.45) is -0.482. The summed E-state index contributed by atoms with van der Waals surface area (Å²) >= 11 is 0. The third-order valence-corrected chi connectivity index (χ3v) is 3.54. The molecule has 21 heavy (non-hydrogen) atoms. The van der Waals surface area contributed by atoms with Gasteiger partial charge in [-0.3, -0.25) is 0 Å². The minimum Gasteiger partial charge on any atom is -0.493 e. The van der Waals surface area contributed by atoms with Crippen LogP contribution in [0.1, 0.15) is 18.0 Å². The summed E-state index contributed by atoms with van der Waals surface area (Å²) in [4.78, 5) is 10.8. The summed E-state index contributed by atoms with van der Waals surface area (Å²) in [5.74, 6) is 0.300. The number of fused-ring (bicyclic) bond motifs is 1. The van der Waals surface area contributed by atoms with Gasteiger partial charge in [0.15, 0.2) is 0 Å². The molecule has 0 saturated heterocycles. The molecule has 2 aromatic carbocycles. The molecule has 0 aromatic heterocycles. The Morgan fingerprint density at radius 2 is 2.10 bits per heavy atom. The highest BCUT2D eigenvalue weighted by molar-refractivity contribution is 5.69. The predicted octanol–water partition coefficient (Wildman–Crippen LogP) is 3.58. The first kappa shape index (κ1) is 13.4. The third-order valence-electron chi connectivity index (χ3n) is 3.54. The van der Waals surface area contributed by atoms with Gasteiger partial charge in [-0.15, -0.1) is 0 Å². The van der Waals surface area contributed by atoms with Gasteiger partial charge in [-0.25, -0.2) is 9.18 Å². The fourth-order valence-corrected chi connectivity index (χ4v) is 2.55. The number of benzene rings is 2. The van der Waals surface area contributed by atoms with Crippen molar-refractivity contribution in [1.29, 1.82) is 0 Å². The Labute approximate surface area is 121 Å².